The first-order valence-corrected chi connectivity index (χ1v) is 10.8. The Balaban J connectivity index is 1.27. The van der Waals surface area contributed by atoms with Gasteiger partial charge in [0, 0.05) is 19.5 Å². The Bertz CT molecular complexity index is 1050. The minimum absolute atomic E-state index is 0.108. The summed E-state index contributed by atoms with van der Waals surface area (Å²) in [6.45, 7) is 2.55. The Morgan fingerprint density at radius 3 is 2.71 bits per heavy atom. The predicted molar refractivity (Wildman–Crippen MR) is 118 cm³/mol. The van der Waals surface area contributed by atoms with E-state index in [0.717, 1.165) is 27.8 Å². The van der Waals surface area contributed by atoms with Gasteiger partial charge in [-0.2, -0.15) is 0 Å². The van der Waals surface area contributed by atoms with Gasteiger partial charge < -0.3 is 14.8 Å². The number of hydrogen-bond donors (Lipinski definition) is 1. The van der Waals surface area contributed by atoms with E-state index in [9.17, 15) is 14.4 Å². The third kappa shape index (κ3) is 5.08. The average Bonchev–Trinajstić information content (AvgIpc) is 3.32. The molecule has 0 saturated carbocycles. The van der Waals surface area contributed by atoms with E-state index in [1.165, 1.54) is 5.56 Å². The zero-order valence-corrected chi connectivity index (χ0v) is 17.9. The van der Waals surface area contributed by atoms with E-state index >= 15 is 0 Å². The van der Waals surface area contributed by atoms with Crippen molar-refractivity contribution in [2.75, 3.05) is 19.9 Å². The first kappa shape index (κ1) is 21.0. The van der Waals surface area contributed by atoms with Crippen molar-refractivity contribution >= 4 is 34.9 Å². The molecule has 1 saturated heterocycles. The molecule has 2 aliphatic rings. The Morgan fingerprint density at radius 1 is 1.13 bits per heavy atom. The van der Waals surface area contributed by atoms with Crippen molar-refractivity contribution in [1.82, 2.24) is 10.2 Å². The highest BCUT2D eigenvalue weighted by molar-refractivity contribution is 8.18. The number of benzene rings is 2. The van der Waals surface area contributed by atoms with Gasteiger partial charge in [0.15, 0.2) is 11.5 Å². The smallest absolute Gasteiger partial charge is 0.293 e. The molecule has 0 aliphatic carbocycles. The van der Waals surface area contributed by atoms with Crippen molar-refractivity contribution in [3.63, 3.8) is 0 Å². The molecule has 1 fully saturated rings. The molecule has 3 amide bonds. The zero-order valence-electron chi connectivity index (χ0n) is 17.1. The maximum atomic E-state index is 12.6. The van der Waals surface area contributed by atoms with Crippen molar-refractivity contribution in [2.24, 2.45) is 0 Å². The monoisotopic (exact) mass is 438 g/mol. The molecule has 0 radical (unpaired) electrons. The molecule has 2 aliphatic heterocycles. The molecule has 0 spiro atoms. The second-order valence-corrected chi connectivity index (χ2v) is 8.27. The third-order valence-corrected chi connectivity index (χ3v) is 5.89. The Hall–Kier alpha value is -3.26. The van der Waals surface area contributed by atoms with Crippen LogP contribution in [0, 0.1) is 6.92 Å². The van der Waals surface area contributed by atoms with Crippen LogP contribution < -0.4 is 14.8 Å². The fourth-order valence-corrected chi connectivity index (χ4v) is 4.12. The highest BCUT2D eigenvalue weighted by Crippen LogP contribution is 2.36. The number of carbonyl (C=O) groups is 3. The summed E-state index contributed by atoms with van der Waals surface area (Å²) >= 11 is 0.891. The summed E-state index contributed by atoms with van der Waals surface area (Å²) in [5.74, 6) is 0.801. The van der Waals surface area contributed by atoms with Gasteiger partial charge in [0.25, 0.3) is 11.1 Å². The molecule has 8 heteroatoms. The molecule has 31 heavy (non-hydrogen) atoms. The normalized spacial score (nSPS) is 16.3. The Morgan fingerprint density at radius 2 is 1.90 bits per heavy atom. The lowest BCUT2D eigenvalue weighted by Gasteiger charge is -2.13. The number of aryl methyl sites for hydroxylation is 2. The van der Waals surface area contributed by atoms with E-state index in [0.29, 0.717) is 29.2 Å². The standard InChI is InChI=1S/C23H22N2O5S/c1-15-2-4-16(5-3-15)7-9-21(26)24-10-11-25-22(27)20(31-23(25)28)13-17-6-8-18-19(12-17)30-14-29-18/h2-6,8,12-13H,7,9-11,14H2,1H3,(H,24,26)/b20-13-. The minimum atomic E-state index is -0.360. The van der Waals surface area contributed by atoms with Crippen molar-refractivity contribution in [1.29, 1.82) is 0 Å². The zero-order chi connectivity index (χ0) is 21.8. The van der Waals surface area contributed by atoms with E-state index in [2.05, 4.69) is 5.32 Å². The Kier molecular flexibility index (Phi) is 6.27. The van der Waals surface area contributed by atoms with Crippen LogP contribution in [-0.4, -0.2) is 41.8 Å². The third-order valence-electron chi connectivity index (χ3n) is 4.99. The number of nitrogens with zero attached hydrogens (tertiary/aromatic N) is 1. The second kappa shape index (κ2) is 9.26. The lowest BCUT2D eigenvalue weighted by atomic mass is 10.1. The predicted octanol–water partition coefficient (Wildman–Crippen LogP) is 3.51. The van der Waals surface area contributed by atoms with Gasteiger partial charge in [0.2, 0.25) is 12.7 Å². The highest BCUT2D eigenvalue weighted by atomic mass is 32.2. The van der Waals surface area contributed by atoms with E-state index in [-0.39, 0.29) is 36.9 Å². The van der Waals surface area contributed by atoms with Gasteiger partial charge in [-0.25, -0.2) is 0 Å². The number of ether oxygens (including phenoxy) is 2. The van der Waals surface area contributed by atoms with Gasteiger partial charge in [-0.3, -0.25) is 19.3 Å². The molecule has 2 aromatic carbocycles. The van der Waals surface area contributed by atoms with Gasteiger partial charge in [-0.15, -0.1) is 0 Å². The molecule has 0 aromatic heterocycles. The SMILES string of the molecule is Cc1ccc(CCC(=O)NCCN2C(=O)S/C(=C\c3ccc4c(c3)OCO4)C2=O)cc1. The Labute approximate surface area is 184 Å². The van der Waals surface area contributed by atoms with Crippen molar-refractivity contribution in [3.05, 3.63) is 64.1 Å². The van der Waals surface area contributed by atoms with Crippen LogP contribution in [0.3, 0.4) is 0 Å². The van der Waals surface area contributed by atoms with Crippen LogP contribution in [0.4, 0.5) is 4.79 Å². The summed E-state index contributed by atoms with van der Waals surface area (Å²) in [6.07, 6.45) is 2.66. The number of amides is 3. The van der Waals surface area contributed by atoms with Gasteiger partial charge in [-0.05, 0) is 54.4 Å². The number of rotatable bonds is 7. The molecule has 2 aromatic rings. The average molecular weight is 439 g/mol. The van der Waals surface area contributed by atoms with Crippen LogP contribution in [-0.2, 0) is 16.0 Å². The number of hydrogen-bond acceptors (Lipinski definition) is 6. The number of thioether (sulfide) groups is 1. The molecule has 0 atom stereocenters. The van der Waals surface area contributed by atoms with Crippen LogP contribution in [0.5, 0.6) is 11.5 Å². The first-order valence-electron chi connectivity index (χ1n) is 9.97. The number of fused-ring (bicyclic) bond motifs is 1. The van der Waals surface area contributed by atoms with E-state index < -0.39 is 0 Å². The summed E-state index contributed by atoms with van der Waals surface area (Å²) < 4.78 is 10.6. The van der Waals surface area contributed by atoms with Crippen LogP contribution in [0.2, 0.25) is 0 Å². The summed E-state index contributed by atoms with van der Waals surface area (Å²) in [5, 5.41) is 2.44. The van der Waals surface area contributed by atoms with Crippen LogP contribution >= 0.6 is 11.8 Å². The minimum Gasteiger partial charge on any atom is -0.454 e. The summed E-state index contributed by atoms with van der Waals surface area (Å²) in [4.78, 5) is 38.5. The summed E-state index contributed by atoms with van der Waals surface area (Å²) in [5.41, 5.74) is 3.03. The lowest BCUT2D eigenvalue weighted by Crippen LogP contribution is -2.37. The van der Waals surface area contributed by atoms with Gasteiger partial charge in [-0.1, -0.05) is 35.9 Å². The molecular weight excluding hydrogens is 416 g/mol. The first-order chi connectivity index (χ1) is 15.0. The molecular formula is C23H22N2O5S. The fourth-order valence-electron chi connectivity index (χ4n) is 3.26. The fraction of sp³-hybridized carbons (Fsp3) is 0.261. The molecule has 4 rings (SSSR count). The number of imide groups is 1. The topological polar surface area (TPSA) is 84.9 Å². The van der Waals surface area contributed by atoms with Gasteiger partial charge in [0.1, 0.15) is 0 Å². The maximum Gasteiger partial charge on any atom is 0.293 e. The van der Waals surface area contributed by atoms with Crippen molar-refractivity contribution in [3.8, 4) is 11.5 Å². The molecule has 1 N–H and O–H groups in total. The van der Waals surface area contributed by atoms with E-state index in [1.807, 2.05) is 31.2 Å². The van der Waals surface area contributed by atoms with E-state index in [1.54, 1.807) is 24.3 Å². The number of nitrogens with one attached hydrogen (secondary N) is 1. The maximum absolute atomic E-state index is 12.6. The largest absolute Gasteiger partial charge is 0.454 e. The quantitative estimate of drug-likeness (QED) is 0.666. The molecule has 0 bridgehead atoms. The molecule has 7 nitrogen and oxygen atoms in total. The summed E-state index contributed by atoms with van der Waals surface area (Å²) in [7, 11) is 0. The number of carbonyl (C=O) groups excluding carboxylic acids is 3. The van der Waals surface area contributed by atoms with Crippen LogP contribution in [0.15, 0.2) is 47.4 Å². The van der Waals surface area contributed by atoms with E-state index in [4.69, 9.17) is 9.47 Å². The second-order valence-electron chi connectivity index (χ2n) is 7.28. The molecule has 0 unspecified atom stereocenters. The lowest BCUT2D eigenvalue weighted by molar-refractivity contribution is -0.124. The molecule has 2 heterocycles. The summed E-state index contributed by atoms with van der Waals surface area (Å²) in [6, 6.07) is 13.4. The highest BCUT2D eigenvalue weighted by Gasteiger charge is 2.34. The van der Waals surface area contributed by atoms with Gasteiger partial charge >= 0.3 is 0 Å². The van der Waals surface area contributed by atoms with Crippen molar-refractivity contribution < 1.29 is 23.9 Å². The van der Waals surface area contributed by atoms with Crippen LogP contribution in [0.1, 0.15) is 23.1 Å². The van der Waals surface area contributed by atoms with Crippen molar-refractivity contribution in [2.45, 2.75) is 19.8 Å². The van der Waals surface area contributed by atoms with Gasteiger partial charge in [0.05, 0.1) is 4.91 Å². The van der Waals surface area contributed by atoms with Crippen LogP contribution in [0.25, 0.3) is 6.08 Å². The molecule has 160 valence electrons.